The van der Waals surface area contributed by atoms with Crippen LogP contribution in [-0.2, 0) is 6.54 Å². The predicted molar refractivity (Wildman–Crippen MR) is 74.6 cm³/mol. The second kappa shape index (κ2) is 5.45. The van der Waals surface area contributed by atoms with E-state index in [1.165, 1.54) is 12.1 Å². The molecule has 1 aromatic carbocycles. The molecule has 0 radical (unpaired) electrons. The van der Waals surface area contributed by atoms with Crippen LogP contribution in [0.2, 0.25) is 0 Å². The van der Waals surface area contributed by atoms with Gasteiger partial charge < -0.3 is 15.1 Å². The zero-order chi connectivity index (χ0) is 14.0. The number of rotatable bonds is 4. The van der Waals surface area contributed by atoms with Crippen molar-refractivity contribution in [2.75, 3.05) is 11.9 Å². The molecule has 2 aromatic rings. The maximum Gasteiger partial charge on any atom is 0.123 e. The number of benzene rings is 1. The van der Waals surface area contributed by atoms with Crippen molar-refractivity contribution in [3.63, 3.8) is 0 Å². The largest absolute Gasteiger partial charge is 0.469 e. The van der Waals surface area contributed by atoms with E-state index in [0.717, 1.165) is 22.6 Å². The molecule has 4 heteroatoms. The maximum absolute atomic E-state index is 13.3. The summed E-state index contributed by atoms with van der Waals surface area (Å²) in [4.78, 5) is 2.05. The van der Waals surface area contributed by atoms with Gasteiger partial charge in [0.05, 0.1) is 6.26 Å². The number of hydrogen-bond donors (Lipinski definition) is 1. The number of nitrogens with zero attached hydrogens (tertiary/aromatic N) is 1. The summed E-state index contributed by atoms with van der Waals surface area (Å²) in [6.45, 7) is 4.49. The summed E-state index contributed by atoms with van der Waals surface area (Å²) in [5, 5.41) is 0. The summed E-state index contributed by atoms with van der Waals surface area (Å²) in [5.74, 6) is 0.639. The summed E-state index contributed by atoms with van der Waals surface area (Å²) < 4.78 is 18.6. The monoisotopic (exact) mass is 262 g/mol. The van der Waals surface area contributed by atoms with Crippen molar-refractivity contribution in [1.29, 1.82) is 0 Å². The molecule has 1 heterocycles. The van der Waals surface area contributed by atoms with E-state index in [4.69, 9.17) is 10.2 Å². The van der Waals surface area contributed by atoms with Gasteiger partial charge in [-0.1, -0.05) is 0 Å². The highest BCUT2D eigenvalue weighted by Crippen LogP contribution is 2.27. The van der Waals surface area contributed by atoms with Crippen molar-refractivity contribution >= 4 is 5.69 Å². The van der Waals surface area contributed by atoms with E-state index in [9.17, 15) is 4.39 Å². The fourth-order valence-electron chi connectivity index (χ4n) is 2.15. The van der Waals surface area contributed by atoms with Crippen molar-refractivity contribution in [1.82, 2.24) is 0 Å². The van der Waals surface area contributed by atoms with Crippen molar-refractivity contribution < 1.29 is 8.81 Å². The molecule has 0 spiro atoms. The maximum atomic E-state index is 13.3. The molecule has 1 atom stereocenters. The molecule has 1 unspecified atom stereocenters. The van der Waals surface area contributed by atoms with Gasteiger partial charge >= 0.3 is 0 Å². The highest BCUT2D eigenvalue weighted by Gasteiger charge is 2.13. The van der Waals surface area contributed by atoms with Crippen LogP contribution in [-0.4, -0.2) is 7.05 Å². The third-order valence-electron chi connectivity index (χ3n) is 3.27. The van der Waals surface area contributed by atoms with Gasteiger partial charge in [0.2, 0.25) is 0 Å². The fraction of sp³-hybridized carbons (Fsp3) is 0.333. The standard InChI is InChI=1S/C15H19FN2O/c1-10(17)14-8-13(16)4-5-15(14)18(3)9-12-6-7-19-11(12)2/h4-8,10H,9,17H2,1-3H3. The first-order valence-corrected chi connectivity index (χ1v) is 6.28. The molecule has 2 N–H and O–H groups in total. The van der Waals surface area contributed by atoms with Gasteiger partial charge in [0.1, 0.15) is 11.6 Å². The highest BCUT2D eigenvalue weighted by atomic mass is 19.1. The molecule has 2 rings (SSSR count). The number of hydrogen-bond acceptors (Lipinski definition) is 3. The SMILES string of the molecule is Cc1occc1CN(C)c1ccc(F)cc1C(C)N. The lowest BCUT2D eigenvalue weighted by molar-refractivity contribution is 0.529. The van der Waals surface area contributed by atoms with Crippen LogP contribution in [0.15, 0.2) is 34.9 Å². The van der Waals surface area contributed by atoms with Crippen molar-refractivity contribution in [3.05, 3.63) is 53.2 Å². The molecular formula is C15H19FN2O. The molecule has 1 aromatic heterocycles. The van der Waals surface area contributed by atoms with E-state index in [1.807, 2.05) is 27.0 Å². The Kier molecular flexibility index (Phi) is 3.90. The Labute approximate surface area is 112 Å². The van der Waals surface area contributed by atoms with Gasteiger partial charge in [-0.3, -0.25) is 0 Å². The van der Waals surface area contributed by atoms with Crippen LogP contribution < -0.4 is 10.6 Å². The molecule has 0 bridgehead atoms. The van der Waals surface area contributed by atoms with Crippen LogP contribution in [0.3, 0.4) is 0 Å². The summed E-state index contributed by atoms with van der Waals surface area (Å²) in [6, 6.07) is 6.46. The first kappa shape index (κ1) is 13.6. The lowest BCUT2D eigenvalue weighted by atomic mass is 10.1. The van der Waals surface area contributed by atoms with Gasteiger partial charge in [0, 0.05) is 30.9 Å². The van der Waals surface area contributed by atoms with Crippen molar-refractivity contribution in [2.24, 2.45) is 5.73 Å². The molecule has 0 aliphatic carbocycles. The smallest absolute Gasteiger partial charge is 0.123 e. The average molecular weight is 262 g/mol. The van der Waals surface area contributed by atoms with Gasteiger partial charge in [-0.05, 0) is 43.7 Å². The molecule has 102 valence electrons. The van der Waals surface area contributed by atoms with Crippen LogP contribution in [0, 0.1) is 12.7 Å². The van der Waals surface area contributed by atoms with Crippen molar-refractivity contribution in [2.45, 2.75) is 26.4 Å². The Morgan fingerprint density at radius 3 is 2.68 bits per heavy atom. The molecule has 0 aliphatic heterocycles. The molecule has 0 amide bonds. The third kappa shape index (κ3) is 2.96. The third-order valence-corrected chi connectivity index (χ3v) is 3.27. The molecule has 0 fully saturated rings. The quantitative estimate of drug-likeness (QED) is 0.918. The minimum Gasteiger partial charge on any atom is -0.469 e. The first-order chi connectivity index (χ1) is 8.99. The van der Waals surface area contributed by atoms with Crippen LogP contribution in [0.5, 0.6) is 0 Å². The lowest BCUT2D eigenvalue weighted by Crippen LogP contribution is -2.20. The molecule has 0 aliphatic rings. The molecule has 0 saturated carbocycles. The zero-order valence-electron chi connectivity index (χ0n) is 11.5. The van der Waals surface area contributed by atoms with E-state index in [1.54, 1.807) is 12.3 Å². The number of aryl methyl sites for hydroxylation is 1. The second-order valence-corrected chi connectivity index (χ2v) is 4.85. The van der Waals surface area contributed by atoms with Crippen molar-refractivity contribution in [3.8, 4) is 0 Å². The average Bonchev–Trinajstić information content (AvgIpc) is 2.74. The zero-order valence-corrected chi connectivity index (χ0v) is 11.5. The Morgan fingerprint density at radius 2 is 2.11 bits per heavy atom. The number of furan rings is 1. The van der Waals surface area contributed by atoms with E-state index in [2.05, 4.69) is 4.90 Å². The van der Waals surface area contributed by atoms with E-state index >= 15 is 0 Å². The highest BCUT2D eigenvalue weighted by molar-refractivity contribution is 5.55. The fourth-order valence-corrected chi connectivity index (χ4v) is 2.15. The minimum atomic E-state index is -0.260. The van der Waals surface area contributed by atoms with E-state index in [-0.39, 0.29) is 11.9 Å². The molecule has 0 saturated heterocycles. The summed E-state index contributed by atoms with van der Waals surface area (Å²) in [7, 11) is 1.96. The first-order valence-electron chi connectivity index (χ1n) is 6.28. The predicted octanol–water partition coefficient (Wildman–Crippen LogP) is 3.38. The number of halogens is 1. The number of anilines is 1. The van der Waals surface area contributed by atoms with Crippen LogP contribution in [0.4, 0.5) is 10.1 Å². The van der Waals surface area contributed by atoms with Crippen LogP contribution in [0.25, 0.3) is 0 Å². The Morgan fingerprint density at radius 1 is 1.37 bits per heavy atom. The van der Waals surface area contributed by atoms with E-state index in [0.29, 0.717) is 6.54 Å². The van der Waals surface area contributed by atoms with Gasteiger partial charge in [0.15, 0.2) is 0 Å². The molecule has 19 heavy (non-hydrogen) atoms. The summed E-state index contributed by atoms with van der Waals surface area (Å²) in [5.41, 5.74) is 8.78. The van der Waals surface area contributed by atoms with Gasteiger partial charge in [-0.2, -0.15) is 0 Å². The van der Waals surface area contributed by atoms with E-state index < -0.39 is 0 Å². The van der Waals surface area contributed by atoms with Gasteiger partial charge in [0.25, 0.3) is 0 Å². The summed E-state index contributed by atoms with van der Waals surface area (Å²) in [6.07, 6.45) is 1.68. The second-order valence-electron chi connectivity index (χ2n) is 4.85. The molecule has 3 nitrogen and oxygen atoms in total. The minimum absolute atomic E-state index is 0.210. The normalized spacial score (nSPS) is 12.5. The topological polar surface area (TPSA) is 42.4 Å². The lowest BCUT2D eigenvalue weighted by Gasteiger charge is -2.24. The summed E-state index contributed by atoms with van der Waals surface area (Å²) >= 11 is 0. The Balaban J connectivity index is 2.28. The molecular weight excluding hydrogens is 243 g/mol. The Bertz CT molecular complexity index is 563. The van der Waals surface area contributed by atoms with Gasteiger partial charge in [-0.25, -0.2) is 4.39 Å². The Hall–Kier alpha value is -1.81. The number of nitrogens with two attached hydrogens (primary N) is 1. The van der Waals surface area contributed by atoms with Crippen LogP contribution in [0.1, 0.15) is 29.9 Å². The van der Waals surface area contributed by atoms with Crippen LogP contribution >= 0.6 is 0 Å². The van der Waals surface area contributed by atoms with Gasteiger partial charge in [-0.15, -0.1) is 0 Å².